The van der Waals surface area contributed by atoms with Crippen LogP contribution in [0.1, 0.15) is 12.8 Å². The Morgan fingerprint density at radius 2 is 2.00 bits per heavy atom. The van der Waals surface area contributed by atoms with Gasteiger partial charge in [-0.2, -0.15) is 0 Å². The lowest BCUT2D eigenvalue weighted by Crippen LogP contribution is -2.14. The van der Waals surface area contributed by atoms with Crippen molar-refractivity contribution in [3.8, 4) is 0 Å². The molecule has 0 aromatic heterocycles. The third-order valence-corrected chi connectivity index (χ3v) is 3.66. The van der Waals surface area contributed by atoms with Gasteiger partial charge in [-0.15, -0.1) is 0 Å². The molecule has 3 atom stereocenters. The van der Waals surface area contributed by atoms with Crippen LogP contribution in [0, 0.1) is 29.7 Å². The van der Waals surface area contributed by atoms with Crippen molar-refractivity contribution in [1.82, 2.24) is 0 Å². The zero-order chi connectivity index (χ0) is 6.72. The molecule has 4 bridgehead atoms. The summed E-state index contributed by atoms with van der Waals surface area (Å²) in [4.78, 5) is 0. The van der Waals surface area contributed by atoms with Gasteiger partial charge in [0.05, 0.1) is 6.10 Å². The Labute approximate surface area is 65.7 Å². The first-order chi connectivity index (χ1) is 4.92. The van der Waals surface area contributed by atoms with Crippen LogP contribution in [0.3, 0.4) is 0 Å². The van der Waals surface area contributed by atoms with Gasteiger partial charge >= 0.3 is 0 Å². The zero-order valence-corrected chi connectivity index (χ0v) is 6.34. The maximum atomic E-state index is 5.28. The molecule has 0 N–H and O–H groups in total. The minimum atomic E-state index is 0.451. The predicted octanol–water partition coefficient (Wildman–Crippen LogP) is 1.89. The second-order valence-corrected chi connectivity index (χ2v) is 3.95. The van der Waals surface area contributed by atoms with Crippen LogP contribution in [0.5, 0.6) is 0 Å². The van der Waals surface area contributed by atoms with Crippen LogP contribution < -0.4 is 0 Å². The number of halogens is 1. The minimum absolute atomic E-state index is 0.451. The average molecular weight is 157 g/mol. The standard InChI is InChI=1S/C8H9ClO/c9-3-10-8-4-1-5-6(2-4)7(5)8/h4-8H,1-2H2. The van der Waals surface area contributed by atoms with E-state index in [0.717, 1.165) is 23.7 Å². The number of hydrogen-bond acceptors (Lipinski definition) is 1. The molecule has 0 spiro atoms. The summed E-state index contributed by atoms with van der Waals surface area (Å²) in [6.07, 6.45) is 3.25. The highest BCUT2D eigenvalue weighted by atomic mass is 35.5. The van der Waals surface area contributed by atoms with Gasteiger partial charge in [-0.25, -0.2) is 0 Å². The Kier molecular flexibility index (Phi) is 0.993. The predicted molar refractivity (Wildman–Crippen MR) is 37.2 cm³/mol. The highest BCUT2D eigenvalue weighted by Crippen LogP contribution is 2.71. The van der Waals surface area contributed by atoms with Crippen LogP contribution >= 0.6 is 11.6 Å². The van der Waals surface area contributed by atoms with Crippen molar-refractivity contribution in [2.24, 2.45) is 23.7 Å². The van der Waals surface area contributed by atoms with Gasteiger partial charge in [0.1, 0.15) is 0 Å². The topological polar surface area (TPSA) is 9.23 Å². The third kappa shape index (κ3) is 0.507. The smallest absolute Gasteiger partial charge is 0.237 e. The molecule has 0 amide bonds. The van der Waals surface area contributed by atoms with Crippen molar-refractivity contribution in [1.29, 1.82) is 0 Å². The quantitative estimate of drug-likeness (QED) is 0.594. The average Bonchev–Trinajstić information content (AvgIpc) is 2.38. The molecule has 0 aliphatic heterocycles. The fourth-order valence-electron chi connectivity index (χ4n) is 3.23. The molecule has 1 nitrogen and oxygen atoms in total. The van der Waals surface area contributed by atoms with E-state index < -0.39 is 0 Å². The van der Waals surface area contributed by atoms with Crippen molar-refractivity contribution < 1.29 is 4.74 Å². The number of rotatable bonds is 2. The molecular formula is C8H9ClO. The number of ether oxygens (including phenoxy) is 1. The molecule has 0 aromatic carbocycles. The van der Waals surface area contributed by atoms with E-state index in [2.05, 4.69) is 6.07 Å². The summed E-state index contributed by atoms with van der Waals surface area (Å²) in [7, 11) is 0. The van der Waals surface area contributed by atoms with Gasteiger partial charge in [-0.05, 0) is 36.5 Å². The van der Waals surface area contributed by atoms with Gasteiger partial charge in [0.25, 0.3) is 0 Å². The molecule has 4 rings (SSSR count). The lowest BCUT2D eigenvalue weighted by molar-refractivity contribution is 0.0936. The Hall–Kier alpha value is 0.250. The van der Waals surface area contributed by atoms with Crippen molar-refractivity contribution in [3.05, 3.63) is 6.07 Å². The van der Waals surface area contributed by atoms with Crippen molar-refractivity contribution in [3.63, 3.8) is 0 Å². The summed E-state index contributed by atoms with van der Waals surface area (Å²) in [5.41, 5.74) is 0. The van der Waals surface area contributed by atoms with E-state index in [1.165, 1.54) is 12.8 Å². The maximum Gasteiger partial charge on any atom is 0.237 e. The maximum absolute atomic E-state index is 5.28. The van der Waals surface area contributed by atoms with Crippen LogP contribution in [-0.4, -0.2) is 6.10 Å². The molecule has 3 unspecified atom stereocenters. The van der Waals surface area contributed by atoms with Crippen molar-refractivity contribution in [2.45, 2.75) is 18.9 Å². The van der Waals surface area contributed by atoms with Crippen molar-refractivity contribution >= 4 is 11.6 Å². The van der Waals surface area contributed by atoms with Crippen LogP contribution in [0.4, 0.5) is 0 Å². The molecule has 0 aromatic rings. The zero-order valence-electron chi connectivity index (χ0n) is 5.59. The molecule has 4 fully saturated rings. The molecule has 0 heterocycles. The van der Waals surface area contributed by atoms with E-state index in [1.54, 1.807) is 0 Å². The molecule has 54 valence electrons. The summed E-state index contributed by atoms with van der Waals surface area (Å²) in [5.74, 6) is 3.72. The lowest BCUT2D eigenvalue weighted by atomic mass is 10.1. The largest absolute Gasteiger partial charge is 0.348 e. The third-order valence-electron chi connectivity index (χ3n) is 3.57. The Morgan fingerprint density at radius 3 is 2.40 bits per heavy atom. The normalized spacial score (nSPS) is 61.5. The van der Waals surface area contributed by atoms with E-state index >= 15 is 0 Å². The van der Waals surface area contributed by atoms with Crippen LogP contribution in [-0.2, 0) is 4.74 Å². The van der Waals surface area contributed by atoms with Gasteiger partial charge in [0, 0.05) is 0 Å². The Bertz CT molecular complexity index is 157. The highest BCUT2D eigenvalue weighted by Gasteiger charge is 2.69. The Balaban J connectivity index is 1.79. The molecule has 0 saturated heterocycles. The van der Waals surface area contributed by atoms with Crippen LogP contribution in [0.15, 0.2) is 0 Å². The number of hydrogen-bond donors (Lipinski definition) is 0. The monoisotopic (exact) mass is 156 g/mol. The molecule has 10 heavy (non-hydrogen) atoms. The van der Waals surface area contributed by atoms with E-state index in [9.17, 15) is 0 Å². The minimum Gasteiger partial charge on any atom is -0.348 e. The summed E-state index contributed by atoms with van der Waals surface area (Å²) in [6, 6.07) is 2.30. The fourth-order valence-corrected chi connectivity index (χ4v) is 3.33. The molecule has 4 saturated carbocycles. The molecule has 2 radical (unpaired) electrons. The second-order valence-electron chi connectivity index (χ2n) is 3.80. The van der Waals surface area contributed by atoms with E-state index in [0.29, 0.717) is 6.10 Å². The Morgan fingerprint density at radius 1 is 1.30 bits per heavy atom. The summed E-state index contributed by atoms with van der Waals surface area (Å²) in [5, 5.41) is 0. The molecular weight excluding hydrogens is 148 g/mol. The van der Waals surface area contributed by atoms with E-state index in [4.69, 9.17) is 16.3 Å². The van der Waals surface area contributed by atoms with Crippen LogP contribution in [0.25, 0.3) is 0 Å². The van der Waals surface area contributed by atoms with Crippen molar-refractivity contribution in [2.75, 3.05) is 0 Å². The van der Waals surface area contributed by atoms with Gasteiger partial charge in [0.2, 0.25) is 6.07 Å². The summed E-state index contributed by atoms with van der Waals surface area (Å²) in [6.45, 7) is 0. The van der Waals surface area contributed by atoms with E-state index in [-0.39, 0.29) is 0 Å². The molecule has 4 aliphatic rings. The fraction of sp³-hybridized carbons (Fsp3) is 0.875. The first kappa shape index (κ1) is 5.84. The highest BCUT2D eigenvalue weighted by molar-refractivity contribution is 6.22. The summed E-state index contributed by atoms with van der Waals surface area (Å²) < 4.78 is 5.23. The molecule has 2 heteroatoms. The van der Waals surface area contributed by atoms with Gasteiger partial charge in [-0.3, -0.25) is 0 Å². The van der Waals surface area contributed by atoms with E-state index in [1.807, 2.05) is 0 Å². The van der Waals surface area contributed by atoms with Gasteiger partial charge in [-0.1, -0.05) is 11.6 Å². The second kappa shape index (κ2) is 1.70. The molecule has 4 aliphatic carbocycles. The first-order valence-corrected chi connectivity index (χ1v) is 4.31. The van der Waals surface area contributed by atoms with Gasteiger partial charge in [0.15, 0.2) is 0 Å². The van der Waals surface area contributed by atoms with Gasteiger partial charge < -0.3 is 4.74 Å². The van der Waals surface area contributed by atoms with Crippen LogP contribution in [0.2, 0.25) is 0 Å². The SMILES string of the molecule is Cl[C]OC1C2CC3C(C2)C31. The summed E-state index contributed by atoms with van der Waals surface area (Å²) >= 11 is 5.28. The lowest BCUT2D eigenvalue weighted by Gasteiger charge is -2.11. The first-order valence-electron chi connectivity index (χ1n) is 3.93.